The number of hydrogen-bond donors (Lipinski definition) is 2. The predicted octanol–water partition coefficient (Wildman–Crippen LogP) is 1.60. The second-order valence-electron chi connectivity index (χ2n) is 4.65. The van der Waals surface area contributed by atoms with Gasteiger partial charge in [-0.1, -0.05) is 0 Å². The fraction of sp³-hybridized carbons (Fsp3) is 0.286. The highest BCUT2D eigenvalue weighted by molar-refractivity contribution is 5.91. The molecule has 3 N–H and O–H groups in total. The highest BCUT2D eigenvalue weighted by atomic mass is 16.5. The van der Waals surface area contributed by atoms with Crippen LogP contribution in [0.4, 0.5) is 5.69 Å². The van der Waals surface area contributed by atoms with Crippen LogP contribution in [0.2, 0.25) is 0 Å². The number of nitrogen functional groups attached to an aromatic ring is 1. The zero-order valence-corrected chi connectivity index (χ0v) is 11.8. The SMILES string of the molecule is CNC(=O)c1ccn(-c2cc(N)cc(OC(C)C)c2)n1. The molecule has 1 aromatic carbocycles. The molecule has 1 amide bonds. The van der Waals surface area contributed by atoms with E-state index < -0.39 is 0 Å². The van der Waals surface area contributed by atoms with Crippen LogP contribution >= 0.6 is 0 Å². The number of carbonyl (C=O) groups is 1. The van der Waals surface area contributed by atoms with E-state index in [9.17, 15) is 4.79 Å². The fourth-order valence-corrected chi connectivity index (χ4v) is 1.80. The fourth-order valence-electron chi connectivity index (χ4n) is 1.80. The molecule has 0 aliphatic rings. The summed E-state index contributed by atoms with van der Waals surface area (Å²) < 4.78 is 7.22. The summed E-state index contributed by atoms with van der Waals surface area (Å²) >= 11 is 0. The Balaban J connectivity index is 2.34. The molecule has 2 rings (SSSR count). The summed E-state index contributed by atoms with van der Waals surface area (Å²) in [6.45, 7) is 3.89. The first-order chi connectivity index (χ1) is 9.49. The van der Waals surface area contributed by atoms with E-state index in [1.165, 1.54) is 0 Å². The zero-order chi connectivity index (χ0) is 14.7. The molecule has 0 aliphatic carbocycles. The van der Waals surface area contributed by atoms with Crippen molar-refractivity contribution in [3.05, 3.63) is 36.2 Å². The van der Waals surface area contributed by atoms with Gasteiger partial charge in [0.25, 0.3) is 5.91 Å². The third-order valence-corrected chi connectivity index (χ3v) is 2.60. The van der Waals surface area contributed by atoms with Gasteiger partial charge >= 0.3 is 0 Å². The average molecular weight is 274 g/mol. The van der Waals surface area contributed by atoms with Crippen molar-refractivity contribution in [2.45, 2.75) is 20.0 Å². The van der Waals surface area contributed by atoms with Crippen LogP contribution in [0.5, 0.6) is 5.75 Å². The van der Waals surface area contributed by atoms with E-state index in [4.69, 9.17) is 10.5 Å². The van der Waals surface area contributed by atoms with Crippen molar-refractivity contribution >= 4 is 11.6 Å². The molecule has 0 unspecified atom stereocenters. The van der Waals surface area contributed by atoms with E-state index in [2.05, 4.69) is 10.4 Å². The molecule has 1 heterocycles. The number of aromatic nitrogens is 2. The summed E-state index contributed by atoms with van der Waals surface area (Å²) in [5.74, 6) is 0.443. The molecule has 2 aromatic rings. The minimum absolute atomic E-state index is 0.0590. The van der Waals surface area contributed by atoms with Gasteiger partial charge in [-0.25, -0.2) is 4.68 Å². The molecule has 0 bridgehead atoms. The number of nitrogens with zero attached hydrogens (tertiary/aromatic N) is 2. The van der Waals surface area contributed by atoms with Crippen molar-refractivity contribution in [3.63, 3.8) is 0 Å². The molecule has 6 heteroatoms. The molecule has 0 saturated heterocycles. The Kier molecular flexibility index (Phi) is 3.93. The number of carbonyl (C=O) groups excluding carboxylic acids is 1. The Morgan fingerprint density at radius 3 is 2.80 bits per heavy atom. The summed E-state index contributed by atoms with van der Waals surface area (Å²) in [5, 5.41) is 6.74. The van der Waals surface area contributed by atoms with Gasteiger partial charge in [-0.05, 0) is 26.0 Å². The number of nitrogens with two attached hydrogens (primary N) is 1. The molecule has 0 atom stereocenters. The molecular formula is C14H18N4O2. The number of amides is 1. The molecule has 0 aliphatic heterocycles. The first kappa shape index (κ1) is 13.9. The number of ether oxygens (including phenoxy) is 1. The number of anilines is 1. The van der Waals surface area contributed by atoms with Gasteiger partial charge < -0.3 is 15.8 Å². The molecule has 0 spiro atoms. The van der Waals surface area contributed by atoms with Gasteiger partial charge in [-0.15, -0.1) is 0 Å². The number of rotatable bonds is 4. The lowest BCUT2D eigenvalue weighted by Crippen LogP contribution is -2.18. The van der Waals surface area contributed by atoms with Gasteiger partial charge in [-0.3, -0.25) is 4.79 Å². The average Bonchev–Trinajstić information content (AvgIpc) is 2.85. The Hall–Kier alpha value is -2.50. The molecule has 0 radical (unpaired) electrons. The van der Waals surface area contributed by atoms with E-state index in [0.29, 0.717) is 17.1 Å². The van der Waals surface area contributed by atoms with Crippen LogP contribution in [0.25, 0.3) is 5.69 Å². The second-order valence-corrected chi connectivity index (χ2v) is 4.65. The molecule has 20 heavy (non-hydrogen) atoms. The van der Waals surface area contributed by atoms with Crippen LogP contribution in [0.15, 0.2) is 30.5 Å². The van der Waals surface area contributed by atoms with Crippen molar-refractivity contribution in [2.75, 3.05) is 12.8 Å². The van der Waals surface area contributed by atoms with Crippen LogP contribution < -0.4 is 15.8 Å². The maximum atomic E-state index is 11.5. The first-order valence-electron chi connectivity index (χ1n) is 6.35. The Labute approximate surface area is 117 Å². The lowest BCUT2D eigenvalue weighted by molar-refractivity contribution is 0.0957. The third-order valence-electron chi connectivity index (χ3n) is 2.60. The first-order valence-corrected chi connectivity index (χ1v) is 6.35. The number of hydrogen-bond acceptors (Lipinski definition) is 4. The van der Waals surface area contributed by atoms with Gasteiger partial charge in [0.1, 0.15) is 5.75 Å². The minimum atomic E-state index is -0.230. The second kappa shape index (κ2) is 5.64. The van der Waals surface area contributed by atoms with Gasteiger partial charge in [0.2, 0.25) is 0 Å². The maximum Gasteiger partial charge on any atom is 0.271 e. The Morgan fingerprint density at radius 2 is 2.15 bits per heavy atom. The predicted molar refractivity (Wildman–Crippen MR) is 77.1 cm³/mol. The molecule has 6 nitrogen and oxygen atoms in total. The van der Waals surface area contributed by atoms with Crippen molar-refractivity contribution in [1.82, 2.24) is 15.1 Å². The van der Waals surface area contributed by atoms with Crippen molar-refractivity contribution in [1.29, 1.82) is 0 Å². The van der Waals surface area contributed by atoms with E-state index in [1.807, 2.05) is 19.9 Å². The van der Waals surface area contributed by atoms with Crippen molar-refractivity contribution in [2.24, 2.45) is 0 Å². The summed E-state index contributed by atoms with van der Waals surface area (Å²) in [6, 6.07) is 7.00. The van der Waals surface area contributed by atoms with E-state index in [1.54, 1.807) is 36.1 Å². The molecule has 1 aromatic heterocycles. The Morgan fingerprint density at radius 1 is 1.40 bits per heavy atom. The van der Waals surface area contributed by atoms with Gasteiger partial charge in [0.15, 0.2) is 5.69 Å². The van der Waals surface area contributed by atoms with Gasteiger partial charge in [-0.2, -0.15) is 5.10 Å². The van der Waals surface area contributed by atoms with Crippen LogP contribution in [0, 0.1) is 0 Å². The van der Waals surface area contributed by atoms with Crippen molar-refractivity contribution in [3.8, 4) is 11.4 Å². The van der Waals surface area contributed by atoms with E-state index >= 15 is 0 Å². The monoisotopic (exact) mass is 274 g/mol. The van der Waals surface area contributed by atoms with Crippen LogP contribution in [0.3, 0.4) is 0 Å². The lowest BCUT2D eigenvalue weighted by Gasteiger charge is -2.12. The zero-order valence-electron chi connectivity index (χ0n) is 11.8. The highest BCUT2D eigenvalue weighted by Crippen LogP contribution is 2.22. The molecule has 0 fully saturated rings. The smallest absolute Gasteiger partial charge is 0.271 e. The van der Waals surface area contributed by atoms with Gasteiger partial charge in [0.05, 0.1) is 11.8 Å². The highest BCUT2D eigenvalue weighted by Gasteiger charge is 2.09. The maximum absolute atomic E-state index is 11.5. The van der Waals surface area contributed by atoms with Crippen LogP contribution in [0.1, 0.15) is 24.3 Å². The molecule has 106 valence electrons. The van der Waals surface area contributed by atoms with Gasteiger partial charge in [0, 0.05) is 31.1 Å². The normalized spacial score (nSPS) is 10.6. The molecule has 0 saturated carbocycles. The number of benzene rings is 1. The Bertz CT molecular complexity index is 619. The minimum Gasteiger partial charge on any atom is -0.491 e. The van der Waals surface area contributed by atoms with E-state index in [-0.39, 0.29) is 12.0 Å². The quantitative estimate of drug-likeness (QED) is 0.830. The topological polar surface area (TPSA) is 82.2 Å². The largest absolute Gasteiger partial charge is 0.491 e. The molecular weight excluding hydrogens is 256 g/mol. The third kappa shape index (κ3) is 3.09. The van der Waals surface area contributed by atoms with E-state index in [0.717, 1.165) is 5.69 Å². The summed E-state index contributed by atoms with van der Waals surface area (Å²) in [7, 11) is 1.57. The summed E-state index contributed by atoms with van der Waals surface area (Å²) in [4.78, 5) is 11.5. The summed E-state index contributed by atoms with van der Waals surface area (Å²) in [6.07, 6.45) is 1.77. The van der Waals surface area contributed by atoms with Crippen molar-refractivity contribution < 1.29 is 9.53 Å². The standard InChI is InChI=1S/C14H18N4O2/c1-9(2)20-12-7-10(15)6-11(8-12)18-5-4-13(17-18)14(19)16-3/h4-9H,15H2,1-3H3,(H,16,19). The van der Waals surface area contributed by atoms with Crippen LogP contribution in [-0.4, -0.2) is 28.8 Å². The lowest BCUT2D eigenvalue weighted by atomic mass is 10.2. The number of nitrogens with one attached hydrogen (secondary N) is 1. The summed E-state index contributed by atoms with van der Waals surface area (Å²) in [5.41, 5.74) is 7.54. The van der Waals surface area contributed by atoms with Crippen LogP contribution in [-0.2, 0) is 0 Å².